The molecule has 0 aliphatic heterocycles. The van der Waals surface area contributed by atoms with E-state index in [1.807, 2.05) is 90.1 Å². The topological polar surface area (TPSA) is 55.4 Å². The maximum Gasteiger partial charge on any atom is 0.537 e. The molecule has 188 valence electrons. The van der Waals surface area contributed by atoms with Crippen molar-refractivity contribution in [2.24, 2.45) is 0 Å². The van der Waals surface area contributed by atoms with Gasteiger partial charge in [-0.3, -0.25) is 0 Å². The summed E-state index contributed by atoms with van der Waals surface area (Å²) in [5, 5.41) is 1.80. The molecule has 6 nitrogen and oxygen atoms in total. The summed E-state index contributed by atoms with van der Waals surface area (Å²) < 4.78 is 37.3. The fraction of sp³-hybridized carbons (Fsp3) is 0.462. The van der Waals surface area contributed by atoms with Gasteiger partial charge in [0.2, 0.25) is 0 Å². The Hall–Kier alpha value is -1.63. The van der Waals surface area contributed by atoms with Gasteiger partial charge in [-0.2, -0.15) is 0 Å². The molecule has 2 aromatic rings. The molecule has 0 amide bonds. The molecule has 0 saturated heterocycles. The van der Waals surface area contributed by atoms with Crippen molar-refractivity contribution in [1.82, 2.24) is 0 Å². The van der Waals surface area contributed by atoms with Crippen LogP contribution in [0.5, 0.6) is 0 Å². The summed E-state index contributed by atoms with van der Waals surface area (Å²) in [5.41, 5.74) is 2.66. The van der Waals surface area contributed by atoms with E-state index in [0.717, 1.165) is 27.1 Å². The molecule has 0 unspecified atom stereocenters. The molecule has 0 aromatic heterocycles. The average molecular weight is 505 g/mol. The summed E-state index contributed by atoms with van der Waals surface area (Å²) in [4.78, 5) is 0. The van der Waals surface area contributed by atoms with Crippen molar-refractivity contribution < 1.29 is 26.6 Å². The van der Waals surface area contributed by atoms with Crippen molar-refractivity contribution in [3.63, 3.8) is 0 Å². The number of hydrogen-bond acceptors (Lipinski definition) is 6. The van der Waals surface area contributed by atoms with E-state index in [1.54, 1.807) is 0 Å². The van der Waals surface area contributed by atoms with Crippen molar-refractivity contribution in [3.8, 4) is 0 Å². The predicted octanol–water partition coefficient (Wildman–Crippen LogP) is 4.26. The highest BCUT2D eigenvalue weighted by Crippen LogP contribution is 2.25. The Bertz CT molecular complexity index is 799. The maximum absolute atomic E-state index is 6.22. The molecule has 0 atom stereocenters. The van der Waals surface area contributed by atoms with Crippen LogP contribution in [0.1, 0.15) is 52.7 Å². The number of rotatable bonds is 16. The lowest BCUT2D eigenvalue weighted by atomic mass is 9.99. The molecule has 0 fully saturated rings. The van der Waals surface area contributed by atoms with Gasteiger partial charge >= 0.3 is 17.6 Å². The third-order valence-corrected chi connectivity index (χ3v) is 11.4. The molecular weight excluding hydrogens is 464 g/mol. The lowest BCUT2D eigenvalue weighted by Gasteiger charge is -2.32. The SMILES string of the molecule is C=C(c1ccccc1[Si](OCC)(OCC)OCC)c1ccccc1[Si](OCC)(OCC)OCC. The molecule has 2 aromatic carbocycles. The van der Waals surface area contributed by atoms with Gasteiger partial charge in [-0.1, -0.05) is 55.1 Å². The zero-order valence-electron chi connectivity index (χ0n) is 21.5. The van der Waals surface area contributed by atoms with Crippen molar-refractivity contribution in [3.05, 3.63) is 66.2 Å². The third kappa shape index (κ3) is 6.32. The van der Waals surface area contributed by atoms with E-state index in [-0.39, 0.29) is 0 Å². The van der Waals surface area contributed by atoms with E-state index in [1.165, 1.54) is 0 Å². The first-order valence-electron chi connectivity index (χ1n) is 12.2. The van der Waals surface area contributed by atoms with Gasteiger partial charge in [0.25, 0.3) is 0 Å². The van der Waals surface area contributed by atoms with Crippen LogP contribution in [0.25, 0.3) is 5.57 Å². The molecular formula is C26H40O6Si2. The number of hydrogen-bond donors (Lipinski definition) is 0. The fourth-order valence-electron chi connectivity index (χ4n) is 4.03. The quantitative estimate of drug-likeness (QED) is 0.319. The lowest BCUT2D eigenvalue weighted by molar-refractivity contribution is 0.0852. The van der Waals surface area contributed by atoms with E-state index in [0.29, 0.717) is 39.6 Å². The minimum absolute atomic E-state index is 0.485. The predicted molar refractivity (Wildman–Crippen MR) is 142 cm³/mol. The monoisotopic (exact) mass is 504 g/mol. The summed E-state index contributed by atoms with van der Waals surface area (Å²) in [7, 11) is -6.33. The summed E-state index contributed by atoms with van der Waals surface area (Å²) in [6.45, 7) is 19.2. The second kappa shape index (κ2) is 14.1. The summed E-state index contributed by atoms with van der Waals surface area (Å²) >= 11 is 0. The molecule has 34 heavy (non-hydrogen) atoms. The van der Waals surface area contributed by atoms with Gasteiger partial charge < -0.3 is 26.6 Å². The van der Waals surface area contributed by atoms with E-state index in [2.05, 4.69) is 6.58 Å². The smallest absolute Gasteiger partial charge is 0.370 e. The van der Waals surface area contributed by atoms with E-state index in [9.17, 15) is 0 Å². The standard InChI is InChI=1S/C26H40O6Si2/c1-8-27-33(28-9-2,29-10-3)25-20-16-14-18-23(25)22(7)24-19-15-17-21-26(24)34(30-11-4,31-12-5)32-13-6/h14-21H,7-13H2,1-6H3. The van der Waals surface area contributed by atoms with Crippen LogP contribution in [0.3, 0.4) is 0 Å². The van der Waals surface area contributed by atoms with Crippen LogP contribution in [0, 0.1) is 0 Å². The van der Waals surface area contributed by atoms with Crippen LogP contribution in [0.15, 0.2) is 55.1 Å². The van der Waals surface area contributed by atoms with Gasteiger partial charge in [-0.25, -0.2) is 0 Å². The highest BCUT2D eigenvalue weighted by atomic mass is 28.4. The van der Waals surface area contributed by atoms with E-state index >= 15 is 0 Å². The van der Waals surface area contributed by atoms with Crippen LogP contribution in [-0.2, 0) is 26.6 Å². The Kier molecular flexibility index (Phi) is 11.8. The molecule has 8 heteroatoms. The van der Waals surface area contributed by atoms with E-state index in [4.69, 9.17) is 26.6 Å². The minimum Gasteiger partial charge on any atom is -0.370 e. The van der Waals surface area contributed by atoms with Gasteiger partial charge in [0.05, 0.1) is 0 Å². The minimum atomic E-state index is -3.16. The van der Waals surface area contributed by atoms with Crippen molar-refractivity contribution in [2.75, 3.05) is 39.6 Å². The van der Waals surface area contributed by atoms with Crippen LogP contribution < -0.4 is 10.4 Å². The molecule has 2 rings (SSSR count). The van der Waals surface area contributed by atoms with Gasteiger partial charge in [0.1, 0.15) is 0 Å². The molecule has 0 heterocycles. The maximum atomic E-state index is 6.22. The Morgan fingerprint density at radius 1 is 0.529 bits per heavy atom. The van der Waals surface area contributed by atoms with Crippen LogP contribution >= 0.6 is 0 Å². The normalized spacial score (nSPS) is 12.2. The zero-order chi connectivity index (χ0) is 25.0. The van der Waals surface area contributed by atoms with Crippen molar-refractivity contribution in [2.45, 2.75) is 41.5 Å². The first-order valence-corrected chi connectivity index (χ1v) is 15.7. The molecule has 0 aliphatic rings. The molecule has 0 spiro atoms. The van der Waals surface area contributed by atoms with Crippen LogP contribution in [0.4, 0.5) is 0 Å². The van der Waals surface area contributed by atoms with Crippen LogP contribution in [0.2, 0.25) is 0 Å². The number of benzene rings is 2. The Balaban J connectivity index is 2.71. The molecule has 0 bridgehead atoms. The second-order valence-electron chi connectivity index (χ2n) is 7.28. The first-order chi connectivity index (χ1) is 16.5. The Labute approximate surface area is 207 Å². The fourth-order valence-corrected chi connectivity index (χ4v) is 9.47. The zero-order valence-corrected chi connectivity index (χ0v) is 23.5. The molecule has 0 saturated carbocycles. The largest absolute Gasteiger partial charge is 0.537 e. The Morgan fingerprint density at radius 3 is 1.06 bits per heavy atom. The highest BCUT2D eigenvalue weighted by molar-refractivity contribution is 6.77. The second-order valence-corrected chi connectivity index (χ2v) is 12.3. The van der Waals surface area contributed by atoms with Crippen molar-refractivity contribution >= 4 is 33.6 Å². The molecule has 0 aliphatic carbocycles. The van der Waals surface area contributed by atoms with E-state index < -0.39 is 17.6 Å². The third-order valence-electron chi connectivity index (χ3n) is 5.17. The molecule has 0 N–H and O–H groups in total. The first kappa shape index (κ1) is 28.6. The highest BCUT2D eigenvalue weighted by Gasteiger charge is 2.47. The van der Waals surface area contributed by atoms with Gasteiger partial charge in [0, 0.05) is 50.0 Å². The lowest BCUT2D eigenvalue weighted by Crippen LogP contribution is -2.59. The van der Waals surface area contributed by atoms with Crippen LogP contribution in [-0.4, -0.2) is 57.3 Å². The van der Waals surface area contributed by atoms with Gasteiger partial charge in [0.15, 0.2) is 0 Å². The van der Waals surface area contributed by atoms with Gasteiger partial charge in [-0.05, 0) is 58.2 Å². The van der Waals surface area contributed by atoms with Crippen molar-refractivity contribution in [1.29, 1.82) is 0 Å². The molecule has 0 radical (unpaired) electrons. The summed E-state index contributed by atoms with van der Waals surface area (Å²) in [6, 6.07) is 16.1. The Morgan fingerprint density at radius 2 is 0.794 bits per heavy atom. The average Bonchev–Trinajstić information content (AvgIpc) is 2.84. The summed E-state index contributed by atoms with van der Waals surface area (Å²) in [5.74, 6) is 0. The summed E-state index contributed by atoms with van der Waals surface area (Å²) in [6.07, 6.45) is 0. The van der Waals surface area contributed by atoms with Gasteiger partial charge in [-0.15, -0.1) is 0 Å².